The molecule has 0 bridgehead atoms. The van der Waals surface area contributed by atoms with Crippen molar-refractivity contribution in [2.75, 3.05) is 19.7 Å². The maximum atomic E-state index is 11.8. The van der Waals surface area contributed by atoms with Crippen molar-refractivity contribution in [3.63, 3.8) is 0 Å². The highest BCUT2D eigenvalue weighted by molar-refractivity contribution is 5.80. The second kappa shape index (κ2) is 6.44. The third-order valence-electron chi connectivity index (χ3n) is 2.81. The normalized spacial score (nSPS) is 24.1. The van der Waals surface area contributed by atoms with Crippen molar-refractivity contribution in [3.8, 4) is 0 Å². The van der Waals surface area contributed by atoms with E-state index in [2.05, 4.69) is 5.32 Å². The van der Waals surface area contributed by atoms with E-state index in [0.717, 1.165) is 12.8 Å². The van der Waals surface area contributed by atoms with E-state index in [1.165, 1.54) is 4.90 Å². The Morgan fingerprint density at radius 3 is 2.76 bits per heavy atom. The molecule has 0 aromatic heterocycles. The lowest BCUT2D eigenvalue weighted by Gasteiger charge is -2.30. The summed E-state index contributed by atoms with van der Waals surface area (Å²) in [5, 5.41) is 11.5. The van der Waals surface area contributed by atoms with Crippen LogP contribution in [-0.4, -0.2) is 53.8 Å². The number of likely N-dealkylation sites (N-methyl/N-ethyl adjacent to an activating group) is 1. The molecule has 1 aliphatic heterocycles. The van der Waals surface area contributed by atoms with Crippen LogP contribution in [0.1, 0.15) is 26.7 Å². The molecular weight excluding hydrogens is 224 g/mol. The third kappa shape index (κ3) is 4.60. The van der Waals surface area contributed by atoms with Gasteiger partial charge in [0.2, 0.25) is 0 Å². The standard InChI is InChI=1S/C11H20N2O4/c1-3-13(7-10(14)15)11(16)12-9-4-5-17-8(2)6-9/h8-9H,3-7H2,1-2H3,(H,12,16)(H,14,15). The van der Waals surface area contributed by atoms with Crippen molar-refractivity contribution in [2.45, 2.75) is 38.8 Å². The van der Waals surface area contributed by atoms with Gasteiger partial charge in [-0.3, -0.25) is 4.79 Å². The third-order valence-corrected chi connectivity index (χ3v) is 2.81. The van der Waals surface area contributed by atoms with E-state index in [4.69, 9.17) is 9.84 Å². The molecule has 1 fully saturated rings. The zero-order valence-electron chi connectivity index (χ0n) is 10.3. The molecule has 2 atom stereocenters. The summed E-state index contributed by atoms with van der Waals surface area (Å²) < 4.78 is 5.38. The molecule has 0 radical (unpaired) electrons. The second-order valence-corrected chi connectivity index (χ2v) is 4.26. The summed E-state index contributed by atoms with van der Waals surface area (Å²) >= 11 is 0. The van der Waals surface area contributed by atoms with Gasteiger partial charge in [-0.2, -0.15) is 0 Å². The van der Waals surface area contributed by atoms with Crippen LogP contribution in [0.5, 0.6) is 0 Å². The molecule has 0 aromatic rings. The van der Waals surface area contributed by atoms with Crippen LogP contribution in [0.3, 0.4) is 0 Å². The number of hydrogen-bond acceptors (Lipinski definition) is 3. The van der Waals surface area contributed by atoms with Crippen LogP contribution in [0.2, 0.25) is 0 Å². The van der Waals surface area contributed by atoms with Crippen LogP contribution < -0.4 is 5.32 Å². The summed E-state index contributed by atoms with van der Waals surface area (Å²) in [5.41, 5.74) is 0. The van der Waals surface area contributed by atoms with E-state index >= 15 is 0 Å². The van der Waals surface area contributed by atoms with E-state index in [-0.39, 0.29) is 24.7 Å². The minimum absolute atomic E-state index is 0.0779. The Kier molecular flexibility index (Phi) is 5.21. The highest BCUT2D eigenvalue weighted by Gasteiger charge is 2.23. The number of carboxylic acids is 1. The van der Waals surface area contributed by atoms with E-state index in [1.807, 2.05) is 6.92 Å². The number of urea groups is 1. The Balaban J connectivity index is 2.43. The number of ether oxygens (including phenoxy) is 1. The molecule has 98 valence electrons. The Labute approximate surface area is 101 Å². The number of rotatable bonds is 4. The SMILES string of the molecule is CCN(CC(=O)O)C(=O)NC1CCOC(C)C1. The Hall–Kier alpha value is -1.30. The molecule has 1 saturated heterocycles. The van der Waals surface area contributed by atoms with Crippen LogP contribution in [-0.2, 0) is 9.53 Å². The van der Waals surface area contributed by atoms with Gasteiger partial charge >= 0.3 is 12.0 Å². The lowest BCUT2D eigenvalue weighted by Crippen LogP contribution is -2.49. The van der Waals surface area contributed by atoms with Gasteiger partial charge < -0.3 is 20.1 Å². The zero-order chi connectivity index (χ0) is 12.8. The fourth-order valence-electron chi connectivity index (χ4n) is 1.89. The Bertz CT molecular complexity index is 283. The van der Waals surface area contributed by atoms with Crippen LogP contribution in [0.25, 0.3) is 0 Å². The highest BCUT2D eigenvalue weighted by Crippen LogP contribution is 2.13. The summed E-state index contributed by atoms with van der Waals surface area (Å²) in [6.45, 7) is 4.48. The zero-order valence-corrected chi connectivity index (χ0v) is 10.3. The molecule has 1 rings (SSSR count). The van der Waals surface area contributed by atoms with Gasteiger partial charge in [0, 0.05) is 19.2 Å². The summed E-state index contributed by atoms with van der Waals surface area (Å²) in [4.78, 5) is 23.7. The van der Waals surface area contributed by atoms with Crippen molar-refractivity contribution >= 4 is 12.0 Å². The number of carboxylic acid groups (broad SMARTS) is 1. The molecular formula is C11H20N2O4. The van der Waals surface area contributed by atoms with Gasteiger partial charge in [0.15, 0.2) is 0 Å². The smallest absolute Gasteiger partial charge is 0.323 e. The van der Waals surface area contributed by atoms with E-state index in [9.17, 15) is 9.59 Å². The maximum Gasteiger partial charge on any atom is 0.323 e. The average molecular weight is 244 g/mol. The minimum atomic E-state index is -0.998. The molecule has 0 saturated carbocycles. The number of nitrogens with one attached hydrogen (secondary N) is 1. The van der Waals surface area contributed by atoms with Crippen LogP contribution in [0.4, 0.5) is 4.79 Å². The van der Waals surface area contributed by atoms with Crippen molar-refractivity contribution in [3.05, 3.63) is 0 Å². The number of carbonyl (C=O) groups excluding carboxylic acids is 1. The maximum absolute atomic E-state index is 11.8. The first-order chi connectivity index (χ1) is 8.02. The molecule has 2 N–H and O–H groups in total. The quantitative estimate of drug-likeness (QED) is 0.762. The van der Waals surface area contributed by atoms with Crippen molar-refractivity contribution in [1.82, 2.24) is 10.2 Å². The lowest BCUT2D eigenvalue weighted by atomic mass is 10.0. The number of aliphatic carboxylic acids is 1. The Morgan fingerprint density at radius 1 is 1.53 bits per heavy atom. The van der Waals surface area contributed by atoms with Crippen molar-refractivity contribution < 1.29 is 19.4 Å². The number of hydrogen-bond donors (Lipinski definition) is 2. The number of amides is 2. The van der Waals surface area contributed by atoms with Gasteiger partial charge in [-0.25, -0.2) is 4.79 Å². The fourth-order valence-corrected chi connectivity index (χ4v) is 1.89. The van der Waals surface area contributed by atoms with Gasteiger partial charge in [-0.05, 0) is 26.7 Å². The predicted molar refractivity (Wildman–Crippen MR) is 61.9 cm³/mol. The topological polar surface area (TPSA) is 78.9 Å². The summed E-state index contributed by atoms with van der Waals surface area (Å²) in [7, 11) is 0. The Morgan fingerprint density at radius 2 is 2.24 bits per heavy atom. The van der Waals surface area contributed by atoms with Crippen LogP contribution in [0, 0.1) is 0 Å². The number of nitrogens with zero attached hydrogens (tertiary/aromatic N) is 1. The molecule has 6 heteroatoms. The first kappa shape index (κ1) is 13.8. The van der Waals surface area contributed by atoms with Gasteiger partial charge in [0.25, 0.3) is 0 Å². The molecule has 6 nitrogen and oxygen atoms in total. The van der Waals surface area contributed by atoms with Gasteiger partial charge in [0.1, 0.15) is 6.54 Å². The summed E-state index contributed by atoms with van der Waals surface area (Å²) in [5.74, 6) is -0.998. The van der Waals surface area contributed by atoms with Crippen LogP contribution in [0.15, 0.2) is 0 Å². The first-order valence-electron chi connectivity index (χ1n) is 5.91. The molecule has 0 spiro atoms. The molecule has 0 aromatic carbocycles. The molecule has 1 aliphatic rings. The van der Waals surface area contributed by atoms with Gasteiger partial charge in [0.05, 0.1) is 6.10 Å². The largest absolute Gasteiger partial charge is 0.480 e. The summed E-state index contributed by atoms with van der Waals surface area (Å²) in [6.07, 6.45) is 1.69. The highest BCUT2D eigenvalue weighted by atomic mass is 16.5. The summed E-state index contributed by atoms with van der Waals surface area (Å²) in [6, 6.07) is -0.233. The predicted octanol–water partition coefficient (Wildman–Crippen LogP) is 0.670. The lowest BCUT2D eigenvalue weighted by molar-refractivity contribution is -0.137. The van der Waals surface area contributed by atoms with Crippen LogP contribution >= 0.6 is 0 Å². The molecule has 2 unspecified atom stereocenters. The molecule has 17 heavy (non-hydrogen) atoms. The first-order valence-corrected chi connectivity index (χ1v) is 5.91. The minimum Gasteiger partial charge on any atom is -0.480 e. The van der Waals surface area contributed by atoms with Crippen molar-refractivity contribution in [1.29, 1.82) is 0 Å². The number of carbonyl (C=O) groups is 2. The van der Waals surface area contributed by atoms with E-state index in [1.54, 1.807) is 6.92 Å². The van der Waals surface area contributed by atoms with Gasteiger partial charge in [-0.15, -0.1) is 0 Å². The molecule has 1 heterocycles. The fraction of sp³-hybridized carbons (Fsp3) is 0.818. The molecule has 2 amide bonds. The van der Waals surface area contributed by atoms with E-state index < -0.39 is 5.97 Å². The average Bonchev–Trinajstić information content (AvgIpc) is 2.25. The van der Waals surface area contributed by atoms with Crippen molar-refractivity contribution in [2.24, 2.45) is 0 Å². The molecule has 0 aliphatic carbocycles. The second-order valence-electron chi connectivity index (χ2n) is 4.26. The van der Waals surface area contributed by atoms with E-state index in [0.29, 0.717) is 13.2 Å². The van der Waals surface area contributed by atoms with Gasteiger partial charge in [-0.1, -0.05) is 0 Å². The monoisotopic (exact) mass is 244 g/mol.